The molecule has 1 saturated carbocycles. The van der Waals surface area contributed by atoms with Gasteiger partial charge in [0.2, 0.25) is 0 Å². The second-order valence-electron chi connectivity index (χ2n) is 6.91. The Morgan fingerprint density at radius 3 is 2.76 bits per heavy atom. The molecule has 1 aromatic carbocycles. The standard InChI is InChI=1S/C18H22FN3O3/c1-17(16(23)25-2)8-7-14(9-13-3-5-15(19)6-4-13)18(17,24)10-22-12-20-11-21-22/h3-6,11-12,14,24H,7-10H2,1-2H3/t14-,17+,18+/m0/s1. The SMILES string of the molecule is COC(=O)[C@@]1(C)CC[C@@H](Cc2ccc(F)cc2)[C@]1(O)Cn1cncn1. The van der Waals surface area contributed by atoms with Crippen molar-refractivity contribution in [3.8, 4) is 0 Å². The molecule has 2 aromatic rings. The summed E-state index contributed by atoms with van der Waals surface area (Å²) in [5.74, 6) is -0.921. The van der Waals surface area contributed by atoms with Crippen LogP contribution in [0.15, 0.2) is 36.9 Å². The van der Waals surface area contributed by atoms with Gasteiger partial charge in [0.1, 0.15) is 24.1 Å². The molecule has 0 radical (unpaired) electrons. The minimum atomic E-state index is -1.35. The number of aromatic nitrogens is 3. The molecule has 0 bridgehead atoms. The number of methoxy groups -OCH3 is 1. The summed E-state index contributed by atoms with van der Waals surface area (Å²) in [7, 11) is 1.33. The summed E-state index contributed by atoms with van der Waals surface area (Å²) in [5, 5.41) is 15.7. The lowest BCUT2D eigenvalue weighted by Gasteiger charge is -2.40. The molecule has 6 nitrogen and oxygen atoms in total. The van der Waals surface area contributed by atoms with Crippen molar-refractivity contribution in [2.45, 2.75) is 38.3 Å². The number of ether oxygens (including phenoxy) is 1. The number of hydrogen-bond donors (Lipinski definition) is 1. The molecule has 1 fully saturated rings. The lowest BCUT2D eigenvalue weighted by Crippen LogP contribution is -2.54. The molecule has 3 rings (SSSR count). The van der Waals surface area contributed by atoms with Crippen LogP contribution in [0.3, 0.4) is 0 Å². The Bertz CT molecular complexity index is 735. The van der Waals surface area contributed by atoms with Crippen LogP contribution in [0.4, 0.5) is 4.39 Å². The Kier molecular flexibility index (Phi) is 4.60. The third kappa shape index (κ3) is 3.04. The maximum atomic E-state index is 13.1. The third-order valence-corrected chi connectivity index (χ3v) is 5.52. The summed E-state index contributed by atoms with van der Waals surface area (Å²) in [6.45, 7) is 1.88. The van der Waals surface area contributed by atoms with Crippen LogP contribution in [0.5, 0.6) is 0 Å². The lowest BCUT2D eigenvalue weighted by atomic mass is 9.71. The number of carbonyl (C=O) groups excluding carboxylic acids is 1. The van der Waals surface area contributed by atoms with Crippen LogP contribution in [0, 0.1) is 17.2 Å². The van der Waals surface area contributed by atoms with Crippen molar-refractivity contribution in [1.29, 1.82) is 0 Å². The topological polar surface area (TPSA) is 77.2 Å². The van der Waals surface area contributed by atoms with Crippen molar-refractivity contribution in [1.82, 2.24) is 14.8 Å². The van der Waals surface area contributed by atoms with Gasteiger partial charge in [-0.2, -0.15) is 5.10 Å². The average molecular weight is 347 g/mol. The second kappa shape index (κ2) is 6.55. The molecule has 0 saturated heterocycles. The molecule has 1 aliphatic carbocycles. The zero-order chi connectivity index (χ0) is 18.1. The quantitative estimate of drug-likeness (QED) is 0.837. The highest BCUT2D eigenvalue weighted by Gasteiger charge is 2.61. The van der Waals surface area contributed by atoms with E-state index in [-0.39, 0.29) is 18.3 Å². The van der Waals surface area contributed by atoms with Crippen LogP contribution in [0.25, 0.3) is 0 Å². The fourth-order valence-electron chi connectivity index (χ4n) is 3.91. The molecule has 25 heavy (non-hydrogen) atoms. The van der Waals surface area contributed by atoms with E-state index in [1.807, 2.05) is 0 Å². The first-order chi connectivity index (χ1) is 11.9. The van der Waals surface area contributed by atoms with E-state index in [0.717, 1.165) is 5.56 Å². The molecule has 1 heterocycles. The molecule has 1 aliphatic rings. The van der Waals surface area contributed by atoms with Gasteiger partial charge in [0.15, 0.2) is 0 Å². The van der Waals surface area contributed by atoms with Gasteiger partial charge in [-0.25, -0.2) is 9.37 Å². The molecule has 1 aromatic heterocycles. The van der Waals surface area contributed by atoms with Crippen molar-refractivity contribution in [3.63, 3.8) is 0 Å². The van der Waals surface area contributed by atoms with E-state index >= 15 is 0 Å². The summed E-state index contributed by atoms with van der Waals surface area (Å²) in [6.07, 6.45) is 4.62. The third-order valence-electron chi connectivity index (χ3n) is 5.52. The number of rotatable bonds is 5. The predicted molar refractivity (Wildman–Crippen MR) is 87.9 cm³/mol. The van der Waals surface area contributed by atoms with Gasteiger partial charge in [0.25, 0.3) is 0 Å². The minimum Gasteiger partial charge on any atom is -0.469 e. The van der Waals surface area contributed by atoms with E-state index in [2.05, 4.69) is 10.1 Å². The number of hydrogen-bond acceptors (Lipinski definition) is 5. The highest BCUT2D eigenvalue weighted by atomic mass is 19.1. The van der Waals surface area contributed by atoms with Gasteiger partial charge in [-0.3, -0.25) is 9.48 Å². The van der Waals surface area contributed by atoms with E-state index in [1.165, 1.54) is 36.6 Å². The molecule has 0 spiro atoms. The van der Waals surface area contributed by atoms with Crippen molar-refractivity contribution < 1.29 is 19.0 Å². The first-order valence-corrected chi connectivity index (χ1v) is 8.27. The van der Waals surface area contributed by atoms with Crippen molar-refractivity contribution in [3.05, 3.63) is 48.3 Å². The minimum absolute atomic E-state index is 0.143. The Balaban J connectivity index is 1.93. The molecule has 3 atom stereocenters. The Hall–Kier alpha value is -2.28. The summed E-state index contributed by atoms with van der Waals surface area (Å²) in [6, 6.07) is 6.22. The smallest absolute Gasteiger partial charge is 0.314 e. The largest absolute Gasteiger partial charge is 0.469 e. The molecular weight excluding hydrogens is 325 g/mol. The second-order valence-corrected chi connectivity index (χ2v) is 6.91. The highest BCUT2D eigenvalue weighted by Crippen LogP contribution is 2.52. The first kappa shape index (κ1) is 17.5. The van der Waals surface area contributed by atoms with Gasteiger partial charge in [0.05, 0.1) is 19.1 Å². The number of esters is 1. The van der Waals surface area contributed by atoms with Gasteiger partial charge in [-0.05, 0) is 49.8 Å². The van der Waals surface area contributed by atoms with Gasteiger partial charge < -0.3 is 9.84 Å². The van der Waals surface area contributed by atoms with Crippen molar-refractivity contribution in [2.24, 2.45) is 11.3 Å². The molecule has 1 N–H and O–H groups in total. The van der Waals surface area contributed by atoms with Crippen molar-refractivity contribution in [2.75, 3.05) is 7.11 Å². The predicted octanol–water partition coefficient (Wildman–Crippen LogP) is 1.98. The number of halogens is 1. The van der Waals surface area contributed by atoms with E-state index in [1.54, 1.807) is 19.1 Å². The Morgan fingerprint density at radius 2 is 2.16 bits per heavy atom. The molecule has 134 valence electrons. The summed E-state index contributed by atoms with van der Waals surface area (Å²) in [5.41, 5.74) is -1.47. The zero-order valence-electron chi connectivity index (χ0n) is 14.4. The fraction of sp³-hybridized carbons (Fsp3) is 0.500. The zero-order valence-corrected chi connectivity index (χ0v) is 14.4. The molecule has 0 aliphatic heterocycles. The van der Waals surface area contributed by atoms with Crippen molar-refractivity contribution >= 4 is 5.97 Å². The first-order valence-electron chi connectivity index (χ1n) is 8.27. The number of carbonyl (C=O) groups is 1. The van der Waals surface area contributed by atoms with Gasteiger partial charge >= 0.3 is 5.97 Å². The molecule has 7 heteroatoms. The van der Waals surface area contributed by atoms with E-state index in [4.69, 9.17) is 4.74 Å². The Morgan fingerprint density at radius 1 is 1.44 bits per heavy atom. The number of aliphatic hydroxyl groups is 1. The molecule has 0 amide bonds. The summed E-state index contributed by atoms with van der Waals surface area (Å²) < 4.78 is 19.7. The van der Waals surface area contributed by atoms with Gasteiger partial charge in [-0.15, -0.1) is 0 Å². The monoisotopic (exact) mass is 347 g/mol. The van der Waals surface area contributed by atoms with Crippen LogP contribution in [0.1, 0.15) is 25.3 Å². The van der Waals surface area contributed by atoms with Crippen LogP contribution in [-0.4, -0.2) is 38.6 Å². The average Bonchev–Trinajstić information content (AvgIpc) is 3.19. The maximum Gasteiger partial charge on any atom is 0.314 e. The normalized spacial score (nSPS) is 28.9. The maximum absolute atomic E-state index is 13.1. The van der Waals surface area contributed by atoms with Gasteiger partial charge in [-0.1, -0.05) is 12.1 Å². The summed E-state index contributed by atoms with van der Waals surface area (Å²) >= 11 is 0. The highest BCUT2D eigenvalue weighted by molar-refractivity contribution is 5.78. The fourth-order valence-corrected chi connectivity index (χ4v) is 3.91. The van der Waals surface area contributed by atoms with E-state index in [9.17, 15) is 14.3 Å². The lowest BCUT2D eigenvalue weighted by molar-refractivity contribution is -0.173. The number of benzene rings is 1. The van der Waals surface area contributed by atoms with Crippen LogP contribution < -0.4 is 0 Å². The Labute approximate surface area is 145 Å². The molecule has 0 unspecified atom stereocenters. The van der Waals surface area contributed by atoms with Crippen LogP contribution in [-0.2, 0) is 22.5 Å². The van der Waals surface area contributed by atoms with E-state index in [0.29, 0.717) is 19.3 Å². The van der Waals surface area contributed by atoms with E-state index < -0.39 is 17.0 Å². The van der Waals surface area contributed by atoms with Gasteiger partial charge in [0, 0.05) is 0 Å². The molecular formula is C18H22FN3O3. The summed E-state index contributed by atoms with van der Waals surface area (Å²) in [4.78, 5) is 16.4. The number of nitrogens with zero attached hydrogens (tertiary/aromatic N) is 3. The van der Waals surface area contributed by atoms with Crippen LogP contribution in [0.2, 0.25) is 0 Å². The van der Waals surface area contributed by atoms with Crippen LogP contribution >= 0.6 is 0 Å².